The number of amides is 2. The van der Waals surface area contributed by atoms with Crippen molar-refractivity contribution in [3.8, 4) is 5.75 Å². The number of fused-ring (bicyclic) bond motifs is 1. The molecule has 0 radical (unpaired) electrons. The number of carbonyl (C=O) groups excluding carboxylic acids is 3. The Hall–Kier alpha value is -3.61. The molecule has 3 rings (SSSR count). The van der Waals surface area contributed by atoms with Gasteiger partial charge in [0.1, 0.15) is 12.3 Å². The minimum atomic E-state index is -0.652. The molecule has 1 heterocycles. The molecule has 2 aromatic rings. The second-order valence-electron chi connectivity index (χ2n) is 5.76. The van der Waals surface area contributed by atoms with Crippen LogP contribution < -0.4 is 15.0 Å². The van der Waals surface area contributed by atoms with Crippen LogP contribution in [0.25, 0.3) is 6.08 Å². The number of ether oxygens (including phenoxy) is 2. The van der Waals surface area contributed by atoms with E-state index in [1.54, 1.807) is 61.7 Å². The molecule has 0 aromatic heterocycles. The van der Waals surface area contributed by atoms with Gasteiger partial charge in [-0.3, -0.25) is 14.5 Å². The summed E-state index contributed by atoms with van der Waals surface area (Å²) >= 11 is 0. The van der Waals surface area contributed by atoms with E-state index in [-0.39, 0.29) is 12.5 Å². The number of nitrogens with one attached hydrogen (secondary N) is 1. The number of benzene rings is 2. The van der Waals surface area contributed by atoms with Gasteiger partial charge in [0.2, 0.25) is 5.91 Å². The van der Waals surface area contributed by atoms with E-state index in [4.69, 9.17) is 9.47 Å². The monoisotopic (exact) mass is 366 g/mol. The van der Waals surface area contributed by atoms with E-state index in [0.717, 1.165) is 5.56 Å². The summed E-state index contributed by atoms with van der Waals surface area (Å²) in [4.78, 5) is 37.3. The number of rotatable bonds is 5. The van der Waals surface area contributed by atoms with Gasteiger partial charge in [0.05, 0.1) is 18.5 Å². The maximum atomic E-state index is 12.4. The Morgan fingerprint density at radius 3 is 2.81 bits per heavy atom. The molecule has 27 heavy (non-hydrogen) atoms. The van der Waals surface area contributed by atoms with Gasteiger partial charge in [-0.25, -0.2) is 4.79 Å². The Morgan fingerprint density at radius 1 is 1.19 bits per heavy atom. The molecule has 0 unspecified atom stereocenters. The Bertz CT molecular complexity index is 907. The first-order valence-electron chi connectivity index (χ1n) is 8.25. The molecule has 1 aliphatic rings. The van der Waals surface area contributed by atoms with Crippen LogP contribution in [0.2, 0.25) is 0 Å². The lowest BCUT2D eigenvalue weighted by molar-refractivity contribution is -0.143. The number of hydrogen-bond donors (Lipinski definition) is 1. The molecule has 2 aromatic carbocycles. The third kappa shape index (κ3) is 4.52. The molecule has 138 valence electrons. The Morgan fingerprint density at radius 2 is 2.00 bits per heavy atom. The molecular weight excluding hydrogens is 348 g/mol. The van der Waals surface area contributed by atoms with Crippen LogP contribution in [0.4, 0.5) is 11.4 Å². The van der Waals surface area contributed by atoms with Crippen LogP contribution in [0.15, 0.2) is 54.6 Å². The molecule has 0 atom stereocenters. The minimum Gasteiger partial charge on any atom is -0.497 e. The van der Waals surface area contributed by atoms with Crippen molar-refractivity contribution >= 4 is 35.2 Å². The lowest BCUT2D eigenvalue weighted by atomic mass is 10.2. The average Bonchev–Trinajstić information content (AvgIpc) is 2.69. The number of nitrogens with zero attached hydrogens (tertiary/aromatic N) is 1. The fourth-order valence-corrected chi connectivity index (χ4v) is 2.62. The van der Waals surface area contributed by atoms with Crippen LogP contribution in [0.3, 0.4) is 0 Å². The van der Waals surface area contributed by atoms with E-state index in [9.17, 15) is 14.4 Å². The fourth-order valence-electron chi connectivity index (χ4n) is 2.62. The quantitative estimate of drug-likeness (QED) is 0.648. The van der Waals surface area contributed by atoms with Crippen LogP contribution in [-0.2, 0) is 19.1 Å². The predicted molar refractivity (Wildman–Crippen MR) is 100 cm³/mol. The maximum Gasteiger partial charge on any atom is 0.331 e. The summed E-state index contributed by atoms with van der Waals surface area (Å²) in [5.41, 5.74) is 1.88. The number of para-hydroxylation sites is 2. The van der Waals surface area contributed by atoms with E-state index in [1.807, 2.05) is 0 Å². The first-order chi connectivity index (χ1) is 13.1. The molecule has 0 bridgehead atoms. The molecule has 1 aliphatic heterocycles. The van der Waals surface area contributed by atoms with Gasteiger partial charge in [-0.15, -0.1) is 0 Å². The summed E-state index contributed by atoms with van der Waals surface area (Å²) in [6, 6.07) is 14.1. The molecule has 7 nitrogen and oxygen atoms in total. The zero-order chi connectivity index (χ0) is 19.2. The van der Waals surface area contributed by atoms with Crippen molar-refractivity contribution in [2.45, 2.75) is 0 Å². The van der Waals surface area contributed by atoms with E-state index in [2.05, 4.69) is 5.32 Å². The predicted octanol–water partition coefficient (Wildman–Crippen LogP) is 2.24. The Labute approximate surface area is 156 Å². The van der Waals surface area contributed by atoms with Gasteiger partial charge in [0.25, 0.3) is 5.91 Å². The standard InChI is InChI=1S/C20H18N2O5/c1-26-15-6-4-5-14(11-15)9-10-20(25)27-13-19(24)22-12-18(23)21-16-7-2-3-8-17(16)22/h2-11H,12-13H2,1H3,(H,21,23)/b10-9+. The van der Waals surface area contributed by atoms with Crippen LogP contribution in [-0.4, -0.2) is 38.0 Å². The summed E-state index contributed by atoms with van der Waals surface area (Å²) in [5, 5.41) is 2.70. The van der Waals surface area contributed by atoms with Crippen molar-refractivity contribution in [1.29, 1.82) is 0 Å². The van der Waals surface area contributed by atoms with Gasteiger partial charge < -0.3 is 14.8 Å². The van der Waals surface area contributed by atoms with Crippen LogP contribution in [0, 0.1) is 0 Å². The number of anilines is 2. The fraction of sp³-hybridized carbons (Fsp3) is 0.150. The summed E-state index contributed by atoms with van der Waals surface area (Å²) in [6.07, 6.45) is 2.80. The van der Waals surface area contributed by atoms with E-state index >= 15 is 0 Å². The zero-order valence-corrected chi connectivity index (χ0v) is 14.7. The lowest BCUT2D eigenvalue weighted by Crippen LogP contribution is -2.43. The second kappa shape index (κ2) is 8.18. The molecule has 1 N–H and O–H groups in total. The molecule has 0 saturated heterocycles. The summed E-state index contributed by atoms with van der Waals surface area (Å²) in [7, 11) is 1.56. The van der Waals surface area contributed by atoms with Crippen molar-refractivity contribution in [1.82, 2.24) is 0 Å². The molecule has 2 amide bonds. The first kappa shape index (κ1) is 18.2. The number of hydrogen-bond acceptors (Lipinski definition) is 5. The molecule has 0 fully saturated rings. The van der Waals surface area contributed by atoms with Gasteiger partial charge in [0, 0.05) is 6.08 Å². The third-order valence-corrected chi connectivity index (χ3v) is 3.92. The number of esters is 1. The SMILES string of the molecule is COc1cccc(/C=C/C(=O)OCC(=O)N2CC(=O)Nc3ccccc32)c1. The smallest absolute Gasteiger partial charge is 0.331 e. The topological polar surface area (TPSA) is 84.9 Å². The van der Waals surface area contributed by atoms with E-state index < -0.39 is 18.5 Å². The van der Waals surface area contributed by atoms with E-state index in [1.165, 1.54) is 11.0 Å². The largest absolute Gasteiger partial charge is 0.497 e. The van der Waals surface area contributed by atoms with Crippen molar-refractivity contribution in [2.24, 2.45) is 0 Å². The van der Waals surface area contributed by atoms with Gasteiger partial charge in [0.15, 0.2) is 6.61 Å². The normalized spacial score (nSPS) is 13.1. The highest BCUT2D eigenvalue weighted by Gasteiger charge is 2.26. The number of carbonyl (C=O) groups is 3. The Kier molecular flexibility index (Phi) is 5.51. The average molecular weight is 366 g/mol. The highest BCUT2D eigenvalue weighted by Crippen LogP contribution is 2.28. The summed E-state index contributed by atoms with van der Waals surface area (Å²) in [5.74, 6) is -0.754. The molecule has 0 aliphatic carbocycles. The summed E-state index contributed by atoms with van der Waals surface area (Å²) in [6.45, 7) is -0.573. The maximum absolute atomic E-state index is 12.4. The highest BCUT2D eigenvalue weighted by molar-refractivity contribution is 6.10. The van der Waals surface area contributed by atoms with Crippen molar-refractivity contribution in [3.63, 3.8) is 0 Å². The van der Waals surface area contributed by atoms with Gasteiger partial charge in [-0.2, -0.15) is 0 Å². The van der Waals surface area contributed by atoms with Crippen LogP contribution in [0.1, 0.15) is 5.56 Å². The molecule has 7 heteroatoms. The summed E-state index contributed by atoms with van der Waals surface area (Å²) < 4.78 is 10.1. The van der Waals surface area contributed by atoms with Crippen molar-refractivity contribution < 1.29 is 23.9 Å². The number of methoxy groups -OCH3 is 1. The molecule has 0 spiro atoms. The lowest BCUT2D eigenvalue weighted by Gasteiger charge is -2.28. The Balaban J connectivity index is 1.60. The van der Waals surface area contributed by atoms with Gasteiger partial charge in [-0.1, -0.05) is 24.3 Å². The third-order valence-electron chi connectivity index (χ3n) is 3.92. The van der Waals surface area contributed by atoms with Crippen LogP contribution >= 0.6 is 0 Å². The molecule has 0 saturated carbocycles. The molecular formula is C20H18N2O5. The van der Waals surface area contributed by atoms with Crippen molar-refractivity contribution in [2.75, 3.05) is 30.5 Å². The highest BCUT2D eigenvalue weighted by atomic mass is 16.5. The van der Waals surface area contributed by atoms with Gasteiger partial charge >= 0.3 is 5.97 Å². The van der Waals surface area contributed by atoms with E-state index in [0.29, 0.717) is 17.1 Å². The zero-order valence-electron chi connectivity index (χ0n) is 14.7. The second-order valence-corrected chi connectivity index (χ2v) is 5.76. The van der Waals surface area contributed by atoms with Crippen molar-refractivity contribution in [3.05, 3.63) is 60.2 Å². The van der Waals surface area contributed by atoms with Crippen LogP contribution in [0.5, 0.6) is 5.75 Å². The van der Waals surface area contributed by atoms with Gasteiger partial charge in [-0.05, 0) is 35.9 Å². The first-order valence-corrected chi connectivity index (χ1v) is 8.25. The minimum absolute atomic E-state index is 0.118.